The van der Waals surface area contributed by atoms with E-state index >= 15 is 0 Å². The molecule has 0 aromatic heterocycles. The van der Waals surface area contributed by atoms with Crippen LogP contribution in [0.5, 0.6) is 0 Å². The number of hydrogen-bond donors (Lipinski definition) is 1. The van der Waals surface area contributed by atoms with Crippen LogP contribution in [-0.4, -0.2) is 32.3 Å². The standard InChI is InChI=1S/C17H27BrN2O/c1-5-19-13(2)15-11-14(18)7-8-16(15)20-10-6-9-17(3,12-20)21-4/h7-8,11,13,19H,5-6,9-10,12H2,1-4H3. The molecular weight excluding hydrogens is 328 g/mol. The van der Waals surface area contributed by atoms with E-state index in [4.69, 9.17) is 4.74 Å². The van der Waals surface area contributed by atoms with Crippen LogP contribution in [0.15, 0.2) is 22.7 Å². The number of methoxy groups -OCH3 is 1. The van der Waals surface area contributed by atoms with E-state index in [1.54, 1.807) is 0 Å². The molecule has 0 radical (unpaired) electrons. The normalized spacial score (nSPS) is 24.1. The molecule has 3 nitrogen and oxygen atoms in total. The summed E-state index contributed by atoms with van der Waals surface area (Å²) in [6.07, 6.45) is 2.31. The average Bonchev–Trinajstić information content (AvgIpc) is 2.47. The second-order valence-corrected chi connectivity index (χ2v) is 7.08. The molecule has 1 aromatic carbocycles. The van der Waals surface area contributed by atoms with Crippen molar-refractivity contribution in [2.24, 2.45) is 0 Å². The molecule has 1 aliphatic heterocycles. The first-order valence-electron chi connectivity index (χ1n) is 7.82. The minimum atomic E-state index is -0.0377. The van der Waals surface area contributed by atoms with Gasteiger partial charge in [-0.2, -0.15) is 0 Å². The first kappa shape index (κ1) is 16.8. The van der Waals surface area contributed by atoms with Crippen molar-refractivity contribution in [1.82, 2.24) is 5.32 Å². The summed E-state index contributed by atoms with van der Waals surface area (Å²) in [7, 11) is 1.83. The van der Waals surface area contributed by atoms with E-state index in [0.29, 0.717) is 6.04 Å². The average molecular weight is 355 g/mol. The minimum absolute atomic E-state index is 0.0377. The predicted octanol–water partition coefficient (Wildman–Crippen LogP) is 4.12. The Morgan fingerprint density at radius 1 is 1.48 bits per heavy atom. The number of rotatable bonds is 5. The van der Waals surface area contributed by atoms with Gasteiger partial charge in [0.1, 0.15) is 0 Å². The molecule has 1 fully saturated rings. The van der Waals surface area contributed by atoms with Crippen molar-refractivity contribution < 1.29 is 4.74 Å². The van der Waals surface area contributed by atoms with Gasteiger partial charge < -0.3 is 15.0 Å². The van der Waals surface area contributed by atoms with Crippen LogP contribution in [0.3, 0.4) is 0 Å². The van der Waals surface area contributed by atoms with Crippen LogP contribution in [0.4, 0.5) is 5.69 Å². The lowest BCUT2D eigenvalue weighted by Crippen LogP contribution is -2.47. The highest BCUT2D eigenvalue weighted by Gasteiger charge is 2.32. The van der Waals surface area contributed by atoms with Crippen LogP contribution in [0.1, 0.15) is 45.2 Å². The fourth-order valence-corrected chi connectivity index (χ4v) is 3.53. The Morgan fingerprint density at radius 3 is 2.90 bits per heavy atom. The van der Waals surface area contributed by atoms with Gasteiger partial charge in [-0.1, -0.05) is 22.9 Å². The molecule has 0 spiro atoms. The third-order valence-electron chi connectivity index (χ3n) is 4.46. The number of hydrogen-bond acceptors (Lipinski definition) is 3. The topological polar surface area (TPSA) is 24.5 Å². The summed E-state index contributed by atoms with van der Waals surface area (Å²) in [5.74, 6) is 0. The highest BCUT2D eigenvalue weighted by molar-refractivity contribution is 9.10. The molecule has 0 aliphatic carbocycles. The van der Waals surface area contributed by atoms with Crippen LogP contribution in [0.25, 0.3) is 0 Å². The fraction of sp³-hybridized carbons (Fsp3) is 0.647. The second kappa shape index (κ2) is 7.12. The summed E-state index contributed by atoms with van der Waals surface area (Å²) in [5.41, 5.74) is 2.64. The quantitative estimate of drug-likeness (QED) is 0.860. The van der Waals surface area contributed by atoms with Crippen molar-refractivity contribution in [2.75, 3.05) is 31.6 Å². The molecule has 2 atom stereocenters. The lowest BCUT2D eigenvalue weighted by molar-refractivity contribution is -0.00469. The first-order valence-corrected chi connectivity index (χ1v) is 8.61. The van der Waals surface area contributed by atoms with E-state index in [1.165, 1.54) is 17.7 Å². The van der Waals surface area contributed by atoms with Gasteiger partial charge in [0.15, 0.2) is 0 Å². The van der Waals surface area contributed by atoms with Crippen LogP contribution >= 0.6 is 15.9 Å². The number of halogens is 1. The van der Waals surface area contributed by atoms with Crippen LogP contribution in [-0.2, 0) is 4.74 Å². The summed E-state index contributed by atoms with van der Waals surface area (Å²) in [6.45, 7) is 9.63. The Hall–Kier alpha value is -0.580. The Bertz CT molecular complexity index is 480. The first-order chi connectivity index (χ1) is 9.99. The predicted molar refractivity (Wildman–Crippen MR) is 93.1 cm³/mol. The minimum Gasteiger partial charge on any atom is -0.377 e. The molecule has 118 valence electrons. The number of nitrogens with one attached hydrogen (secondary N) is 1. The zero-order valence-corrected chi connectivity index (χ0v) is 15.2. The van der Waals surface area contributed by atoms with Gasteiger partial charge in [0, 0.05) is 36.4 Å². The van der Waals surface area contributed by atoms with Gasteiger partial charge in [-0.05, 0) is 57.0 Å². The zero-order chi connectivity index (χ0) is 15.5. The number of ether oxygens (including phenoxy) is 1. The van der Waals surface area contributed by atoms with Crippen LogP contribution in [0, 0.1) is 0 Å². The Labute approximate surface area is 137 Å². The SMILES string of the molecule is CCNC(C)c1cc(Br)ccc1N1CCCC(C)(OC)C1. The highest BCUT2D eigenvalue weighted by Crippen LogP contribution is 2.34. The molecular formula is C17H27BrN2O. The number of piperidine rings is 1. The van der Waals surface area contributed by atoms with Crippen molar-refractivity contribution in [3.63, 3.8) is 0 Å². The van der Waals surface area contributed by atoms with Gasteiger partial charge in [0.25, 0.3) is 0 Å². The lowest BCUT2D eigenvalue weighted by Gasteiger charge is -2.41. The zero-order valence-electron chi connectivity index (χ0n) is 13.6. The molecule has 1 aliphatic rings. The van der Waals surface area contributed by atoms with Gasteiger partial charge >= 0.3 is 0 Å². The van der Waals surface area contributed by atoms with Gasteiger partial charge in [-0.25, -0.2) is 0 Å². The third-order valence-corrected chi connectivity index (χ3v) is 4.95. The molecule has 2 unspecified atom stereocenters. The third kappa shape index (κ3) is 3.99. The van der Waals surface area contributed by atoms with Gasteiger partial charge in [0.2, 0.25) is 0 Å². The largest absolute Gasteiger partial charge is 0.377 e. The second-order valence-electron chi connectivity index (χ2n) is 6.16. The molecule has 0 amide bonds. The molecule has 1 saturated heterocycles. The van der Waals surface area contributed by atoms with E-state index in [0.717, 1.165) is 30.5 Å². The van der Waals surface area contributed by atoms with Crippen LogP contribution in [0.2, 0.25) is 0 Å². The Balaban J connectivity index is 2.30. The van der Waals surface area contributed by atoms with Gasteiger partial charge in [0.05, 0.1) is 5.60 Å². The fourth-order valence-electron chi connectivity index (χ4n) is 3.15. The van der Waals surface area contributed by atoms with E-state index in [2.05, 4.69) is 65.1 Å². The highest BCUT2D eigenvalue weighted by atomic mass is 79.9. The van der Waals surface area contributed by atoms with E-state index in [9.17, 15) is 0 Å². The monoisotopic (exact) mass is 354 g/mol. The molecule has 0 bridgehead atoms. The maximum atomic E-state index is 5.74. The van der Waals surface area contributed by atoms with Crippen molar-refractivity contribution in [3.8, 4) is 0 Å². The number of benzene rings is 1. The summed E-state index contributed by atoms with van der Waals surface area (Å²) in [6, 6.07) is 6.95. The summed E-state index contributed by atoms with van der Waals surface area (Å²) >= 11 is 3.60. The van der Waals surface area contributed by atoms with Crippen LogP contribution < -0.4 is 10.2 Å². The Kier molecular flexibility index (Phi) is 5.69. The molecule has 2 rings (SSSR count). The van der Waals surface area contributed by atoms with Crippen molar-refractivity contribution >= 4 is 21.6 Å². The molecule has 0 saturated carbocycles. The molecule has 21 heavy (non-hydrogen) atoms. The molecule has 1 aromatic rings. The maximum Gasteiger partial charge on any atom is 0.0825 e. The molecule has 4 heteroatoms. The Morgan fingerprint density at radius 2 is 2.24 bits per heavy atom. The van der Waals surface area contributed by atoms with Crippen molar-refractivity contribution in [1.29, 1.82) is 0 Å². The maximum absolute atomic E-state index is 5.74. The molecule has 1 N–H and O–H groups in total. The van der Waals surface area contributed by atoms with E-state index in [1.807, 2.05) is 7.11 Å². The van der Waals surface area contributed by atoms with E-state index < -0.39 is 0 Å². The van der Waals surface area contributed by atoms with Crippen molar-refractivity contribution in [3.05, 3.63) is 28.2 Å². The van der Waals surface area contributed by atoms with Gasteiger partial charge in [-0.15, -0.1) is 0 Å². The smallest absolute Gasteiger partial charge is 0.0825 e. The molecule has 1 heterocycles. The summed E-state index contributed by atoms with van der Waals surface area (Å²) < 4.78 is 6.87. The van der Waals surface area contributed by atoms with E-state index in [-0.39, 0.29) is 5.60 Å². The number of nitrogens with zero attached hydrogens (tertiary/aromatic N) is 1. The summed E-state index contributed by atoms with van der Waals surface area (Å²) in [4.78, 5) is 2.47. The lowest BCUT2D eigenvalue weighted by atomic mass is 9.93. The number of anilines is 1. The summed E-state index contributed by atoms with van der Waals surface area (Å²) in [5, 5.41) is 3.52. The van der Waals surface area contributed by atoms with Gasteiger partial charge in [-0.3, -0.25) is 0 Å². The van der Waals surface area contributed by atoms with Crippen molar-refractivity contribution in [2.45, 2.75) is 45.3 Å².